The third kappa shape index (κ3) is 4.24. The minimum atomic E-state index is 0.137. The van der Waals surface area contributed by atoms with Crippen molar-refractivity contribution >= 4 is 46.1 Å². The number of halogens is 2. The van der Waals surface area contributed by atoms with Crippen LogP contribution in [0.5, 0.6) is 0 Å². The van der Waals surface area contributed by atoms with Crippen LogP contribution in [0.25, 0.3) is 0 Å². The zero-order valence-corrected chi connectivity index (χ0v) is 10.6. The van der Waals surface area contributed by atoms with Gasteiger partial charge in [0, 0.05) is 17.5 Å². The highest BCUT2D eigenvalue weighted by molar-refractivity contribution is 7.80. The number of anilines is 1. The molecule has 1 rings (SSSR count). The summed E-state index contributed by atoms with van der Waals surface area (Å²) in [6.07, 6.45) is 0.623. The van der Waals surface area contributed by atoms with Gasteiger partial charge in [-0.3, -0.25) is 0 Å². The fourth-order valence-electron chi connectivity index (χ4n) is 1.23. The first-order valence-electron chi connectivity index (χ1n) is 4.49. The van der Waals surface area contributed by atoms with Crippen LogP contribution in [0.3, 0.4) is 0 Å². The van der Waals surface area contributed by atoms with Gasteiger partial charge in [-0.25, -0.2) is 0 Å². The van der Waals surface area contributed by atoms with E-state index >= 15 is 0 Å². The SMILES string of the molecule is CC(CC(N)=S)Nc1cc(Cl)ccc1Cl. The van der Waals surface area contributed by atoms with Gasteiger partial charge in [-0.1, -0.05) is 35.4 Å². The summed E-state index contributed by atoms with van der Waals surface area (Å²) in [6, 6.07) is 5.41. The van der Waals surface area contributed by atoms with Gasteiger partial charge in [-0.05, 0) is 25.1 Å². The van der Waals surface area contributed by atoms with E-state index in [2.05, 4.69) is 5.32 Å². The normalized spacial score (nSPS) is 12.2. The molecule has 0 radical (unpaired) electrons. The Labute approximate surface area is 105 Å². The minimum Gasteiger partial charge on any atom is -0.393 e. The van der Waals surface area contributed by atoms with E-state index in [4.69, 9.17) is 41.2 Å². The van der Waals surface area contributed by atoms with E-state index in [1.807, 2.05) is 6.92 Å². The number of hydrogen-bond acceptors (Lipinski definition) is 2. The maximum atomic E-state index is 5.99. The van der Waals surface area contributed by atoms with E-state index in [1.54, 1.807) is 18.2 Å². The lowest BCUT2D eigenvalue weighted by atomic mass is 10.2. The highest BCUT2D eigenvalue weighted by Crippen LogP contribution is 2.26. The van der Waals surface area contributed by atoms with Gasteiger partial charge in [0.05, 0.1) is 15.7 Å². The van der Waals surface area contributed by atoms with Crippen molar-refractivity contribution in [2.45, 2.75) is 19.4 Å². The second kappa shape index (κ2) is 5.54. The van der Waals surface area contributed by atoms with Crippen molar-refractivity contribution in [3.8, 4) is 0 Å². The van der Waals surface area contributed by atoms with Crippen LogP contribution >= 0.6 is 35.4 Å². The quantitative estimate of drug-likeness (QED) is 0.817. The summed E-state index contributed by atoms with van der Waals surface area (Å²) >= 11 is 16.7. The summed E-state index contributed by atoms with van der Waals surface area (Å²) in [5.41, 5.74) is 6.25. The summed E-state index contributed by atoms with van der Waals surface area (Å²) < 4.78 is 0. The molecule has 3 N–H and O–H groups in total. The Morgan fingerprint density at radius 1 is 1.53 bits per heavy atom. The zero-order valence-electron chi connectivity index (χ0n) is 8.26. The summed E-state index contributed by atoms with van der Waals surface area (Å²) in [4.78, 5) is 0.480. The Morgan fingerprint density at radius 3 is 2.80 bits per heavy atom. The molecule has 0 amide bonds. The molecule has 1 aromatic rings. The van der Waals surface area contributed by atoms with E-state index in [0.717, 1.165) is 5.69 Å². The lowest BCUT2D eigenvalue weighted by molar-refractivity contribution is 0.840. The highest BCUT2D eigenvalue weighted by atomic mass is 35.5. The van der Waals surface area contributed by atoms with Crippen molar-refractivity contribution in [1.82, 2.24) is 0 Å². The van der Waals surface area contributed by atoms with E-state index < -0.39 is 0 Å². The number of benzene rings is 1. The number of rotatable bonds is 4. The van der Waals surface area contributed by atoms with Gasteiger partial charge in [-0.2, -0.15) is 0 Å². The van der Waals surface area contributed by atoms with Gasteiger partial charge in [0.1, 0.15) is 0 Å². The molecule has 0 aliphatic rings. The van der Waals surface area contributed by atoms with Crippen molar-refractivity contribution in [3.05, 3.63) is 28.2 Å². The van der Waals surface area contributed by atoms with Crippen LogP contribution in [0.15, 0.2) is 18.2 Å². The molecule has 0 fully saturated rings. The van der Waals surface area contributed by atoms with Gasteiger partial charge in [-0.15, -0.1) is 0 Å². The van der Waals surface area contributed by atoms with Gasteiger partial charge in [0.25, 0.3) is 0 Å². The number of nitrogens with one attached hydrogen (secondary N) is 1. The molecule has 2 nitrogen and oxygen atoms in total. The van der Waals surface area contributed by atoms with Crippen LogP contribution < -0.4 is 11.1 Å². The van der Waals surface area contributed by atoms with Crippen LogP contribution in [0.4, 0.5) is 5.69 Å². The van der Waals surface area contributed by atoms with Crippen molar-refractivity contribution < 1.29 is 0 Å². The fraction of sp³-hybridized carbons (Fsp3) is 0.300. The second-order valence-corrected chi connectivity index (χ2v) is 4.71. The number of nitrogens with two attached hydrogens (primary N) is 1. The first-order valence-corrected chi connectivity index (χ1v) is 5.65. The van der Waals surface area contributed by atoms with Crippen molar-refractivity contribution in [2.75, 3.05) is 5.32 Å². The molecule has 0 aliphatic carbocycles. The molecule has 0 heterocycles. The maximum absolute atomic E-state index is 5.99. The standard InChI is InChI=1S/C10H12Cl2N2S/c1-6(4-10(13)15)14-9-5-7(11)2-3-8(9)12/h2-3,5-6,14H,4H2,1H3,(H2,13,15). The average Bonchev–Trinajstić information content (AvgIpc) is 2.10. The smallest absolute Gasteiger partial charge is 0.0747 e. The topological polar surface area (TPSA) is 38.0 Å². The van der Waals surface area contributed by atoms with Crippen molar-refractivity contribution in [3.63, 3.8) is 0 Å². The summed E-state index contributed by atoms with van der Waals surface area (Å²) in [7, 11) is 0. The lowest BCUT2D eigenvalue weighted by Gasteiger charge is -2.15. The summed E-state index contributed by atoms with van der Waals surface area (Å²) in [6.45, 7) is 1.98. The first kappa shape index (κ1) is 12.6. The third-order valence-corrected chi connectivity index (χ3v) is 2.57. The molecule has 5 heteroatoms. The molecule has 0 aromatic heterocycles. The van der Waals surface area contributed by atoms with E-state index in [1.165, 1.54) is 0 Å². The Balaban J connectivity index is 2.71. The molecule has 0 saturated heterocycles. The van der Waals surface area contributed by atoms with Crippen LogP contribution in [-0.2, 0) is 0 Å². The highest BCUT2D eigenvalue weighted by Gasteiger charge is 2.06. The van der Waals surface area contributed by atoms with Crippen LogP contribution in [-0.4, -0.2) is 11.0 Å². The van der Waals surface area contributed by atoms with E-state index in [9.17, 15) is 0 Å². The molecule has 1 atom stereocenters. The minimum absolute atomic E-state index is 0.137. The largest absolute Gasteiger partial charge is 0.393 e. The van der Waals surface area contributed by atoms with Crippen molar-refractivity contribution in [1.29, 1.82) is 0 Å². The molecule has 0 spiro atoms. The predicted octanol–water partition coefficient (Wildman–Crippen LogP) is 3.47. The maximum Gasteiger partial charge on any atom is 0.0747 e. The monoisotopic (exact) mass is 262 g/mol. The summed E-state index contributed by atoms with van der Waals surface area (Å²) in [5, 5.41) is 4.47. The Morgan fingerprint density at radius 2 is 2.20 bits per heavy atom. The molecular weight excluding hydrogens is 251 g/mol. The molecule has 0 bridgehead atoms. The molecule has 0 saturated carbocycles. The molecular formula is C10H12Cl2N2S. The Kier molecular flexibility index (Phi) is 4.64. The molecule has 15 heavy (non-hydrogen) atoms. The Hall–Kier alpha value is -0.510. The molecule has 82 valence electrons. The molecule has 1 unspecified atom stereocenters. The molecule has 0 aliphatic heterocycles. The lowest BCUT2D eigenvalue weighted by Crippen LogP contribution is -2.22. The summed E-state index contributed by atoms with van der Waals surface area (Å²) in [5.74, 6) is 0. The van der Waals surface area contributed by atoms with Crippen LogP contribution in [0, 0.1) is 0 Å². The molecule has 1 aromatic carbocycles. The van der Waals surface area contributed by atoms with Gasteiger partial charge in [0.2, 0.25) is 0 Å². The van der Waals surface area contributed by atoms with E-state index in [-0.39, 0.29) is 6.04 Å². The average molecular weight is 263 g/mol. The third-order valence-electron chi connectivity index (χ3n) is 1.84. The predicted molar refractivity (Wildman–Crippen MR) is 70.9 cm³/mol. The van der Waals surface area contributed by atoms with Gasteiger partial charge in [0.15, 0.2) is 0 Å². The second-order valence-electron chi connectivity index (χ2n) is 3.34. The fourth-order valence-corrected chi connectivity index (χ4v) is 1.82. The first-order chi connectivity index (χ1) is 6.99. The van der Waals surface area contributed by atoms with Gasteiger partial charge >= 0.3 is 0 Å². The Bertz CT molecular complexity index is 368. The van der Waals surface area contributed by atoms with Gasteiger partial charge < -0.3 is 11.1 Å². The number of thiocarbonyl (C=S) groups is 1. The van der Waals surface area contributed by atoms with Crippen LogP contribution in [0.2, 0.25) is 10.0 Å². The van der Waals surface area contributed by atoms with Crippen LogP contribution in [0.1, 0.15) is 13.3 Å². The number of hydrogen-bond donors (Lipinski definition) is 2. The zero-order chi connectivity index (χ0) is 11.4. The van der Waals surface area contributed by atoms with E-state index in [0.29, 0.717) is 21.5 Å². The van der Waals surface area contributed by atoms with Crippen molar-refractivity contribution in [2.24, 2.45) is 5.73 Å².